The number of anilines is 1. The molecular weight excluding hydrogens is 438 g/mol. The van der Waals surface area contributed by atoms with E-state index < -0.39 is 6.43 Å². The molecule has 4 rings (SSSR count). The van der Waals surface area contributed by atoms with E-state index >= 15 is 0 Å². The first kappa shape index (κ1) is 22.4. The molecular formula is C22H25ClF2N6O. The molecule has 0 N–H and O–H groups in total. The van der Waals surface area contributed by atoms with Crippen molar-refractivity contribution in [2.24, 2.45) is 5.92 Å². The van der Waals surface area contributed by atoms with Crippen molar-refractivity contribution in [3.05, 3.63) is 52.9 Å². The van der Waals surface area contributed by atoms with Crippen molar-refractivity contribution < 1.29 is 13.5 Å². The number of nitrogens with zero attached hydrogens (tertiary/aromatic N) is 6. The number of unbranched alkanes of at least 4 members (excludes halogenated alkanes) is 1. The van der Waals surface area contributed by atoms with E-state index in [-0.39, 0.29) is 23.2 Å². The first-order valence-corrected chi connectivity index (χ1v) is 11.1. The van der Waals surface area contributed by atoms with Crippen LogP contribution in [-0.4, -0.2) is 38.1 Å². The van der Waals surface area contributed by atoms with Crippen LogP contribution in [0.2, 0.25) is 5.02 Å². The van der Waals surface area contributed by atoms with Gasteiger partial charge in [0.1, 0.15) is 18.1 Å². The Hall–Kier alpha value is -2.81. The SMILES string of the molecule is CCCCC1CCN(c2ccnc(OCc3cn(-c4ccc(Cl)c(C(F)F)c4)nn3)n2)C1. The number of hydrogen-bond acceptors (Lipinski definition) is 6. The van der Waals surface area contributed by atoms with Crippen molar-refractivity contribution in [1.29, 1.82) is 0 Å². The Morgan fingerprint density at radius 2 is 2.16 bits per heavy atom. The summed E-state index contributed by atoms with van der Waals surface area (Å²) in [5.74, 6) is 1.57. The highest BCUT2D eigenvalue weighted by Crippen LogP contribution is 2.29. The molecule has 0 saturated carbocycles. The van der Waals surface area contributed by atoms with Crippen LogP contribution >= 0.6 is 11.6 Å². The number of halogens is 3. The number of ether oxygens (including phenoxy) is 1. The second-order valence-electron chi connectivity index (χ2n) is 7.89. The Balaban J connectivity index is 1.38. The minimum absolute atomic E-state index is 0.0131. The summed E-state index contributed by atoms with van der Waals surface area (Å²) in [5, 5.41) is 8.05. The maximum absolute atomic E-state index is 13.1. The number of alkyl halides is 2. The van der Waals surface area contributed by atoms with Crippen LogP contribution in [0.1, 0.15) is 50.3 Å². The highest BCUT2D eigenvalue weighted by Gasteiger charge is 2.23. The Morgan fingerprint density at radius 1 is 1.28 bits per heavy atom. The Morgan fingerprint density at radius 3 is 2.97 bits per heavy atom. The molecule has 1 saturated heterocycles. The molecule has 32 heavy (non-hydrogen) atoms. The van der Waals surface area contributed by atoms with Gasteiger partial charge in [0.05, 0.1) is 11.9 Å². The third-order valence-corrected chi connectivity index (χ3v) is 5.91. The van der Waals surface area contributed by atoms with Crippen LogP contribution in [0.25, 0.3) is 5.69 Å². The van der Waals surface area contributed by atoms with Gasteiger partial charge in [-0.05, 0) is 43.0 Å². The van der Waals surface area contributed by atoms with Gasteiger partial charge in [0.15, 0.2) is 0 Å². The molecule has 1 aromatic carbocycles. The summed E-state index contributed by atoms with van der Waals surface area (Å²) in [5.41, 5.74) is 0.711. The summed E-state index contributed by atoms with van der Waals surface area (Å²) < 4.78 is 33.3. The highest BCUT2D eigenvalue weighted by molar-refractivity contribution is 6.31. The zero-order valence-electron chi connectivity index (χ0n) is 17.8. The van der Waals surface area contributed by atoms with E-state index in [9.17, 15) is 8.78 Å². The van der Waals surface area contributed by atoms with Crippen molar-refractivity contribution >= 4 is 17.4 Å². The summed E-state index contributed by atoms with van der Waals surface area (Å²) >= 11 is 5.83. The first-order chi connectivity index (χ1) is 15.5. The predicted octanol–water partition coefficient (Wildman–Crippen LogP) is 5.24. The Labute approximate surface area is 190 Å². The van der Waals surface area contributed by atoms with Gasteiger partial charge in [0.2, 0.25) is 0 Å². The molecule has 10 heteroatoms. The molecule has 0 amide bonds. The molecule has 0 radical (unpaired) electrons. The number of benzene rings is 1. The zero-order valence-corrected chi connectivity index (χ0v) is 18.5. The smallest absolute Gasteiger partial charge is 0.318 e. The van der Waals surface area contributed by atoms with E-state index in [4.69, 9.17) is 16.3 Å². The van der Waals surface area contributed by atoms with Gasteiger partial charge in [-0.1, -0.05) is 36.6 Å². The van der Waals surface area contributed by atoms with Gasteiger partial charge in [-0.3, -0.25) is 0 Å². The molecule has 1 aliphatic rings. The topological polar surface area (TPSA) is 69.0 Å². The van der Waals surface area contributed by atoms with Crippen LogP contribution in [0.15, 0.2) is 36.7 Å². The lowest BCUT2D eigenvalue weighted by atomic mass is 10.0. The van der Waals surface area contributed by atoms with Crippen LogP contribution in [0.3, 0.4) is 0 Å². The number of aromatic nitrogens is 5. The molecule has 3 heterocycles. The Bertz CT molecular complexity index is 1050. The quantitative estimate of drug-likeness (QED) is 0.433. The van der Waals surface area contributed by atoms with Crippen molar-refractivity contribution in [3.8, 4) is 11.7 Å². The van der Waals surface area contributed by atoms with Crippen LogP contribution in [-0.2, 0) is 6.61 Å². The van der Waals surface area contributed by atoms with Gasteiger partial charge in [0, 0.05) is 29.9 Å². The van der Waals surface area contributed by atoms with Crippen LogP contribution < -0.4 is 9.64 Å². The maximum atomic E-state index is 13.1. The normalized spacial score (nSPS) is 16.2. The van der Waals surface area contributed by atoms with E-state index in [1.807, 2.05) is 6.07 Å². The molecule has 3 aromatic rings. The van der Waals surface area contributed by atoms with E-state index in [0.717, 1.165) is 18.9 Å². The molecule has 1 fully saturated rings. The molecule has 2 aromatic heterocycles. The summed E-state index contributed by atoms with van der Waals surface area (Å²) in [6.45, 7) is 4.32. The summed E-state index contributed by atoms with van der Waals surface area (Å²) in [4.78, 5) is 11.0. The van der Waals surface area contributed by atoms with Gasteiger partial charge in [-0.25, -0.2) is 18.4 Å². The van der Waals surface area contributed by atoms with Gasteiger partial charge in [-0.15, -0.1) is 5.10 Å². The molecule has 7 nitrogen and oxygen atoms in total. The second kappa shape index (κ2) is 10.2. The van der Waals surface area contributed by atoms with E-state index in [2.05, 4.69) is 32.1 Å². The Kier molecular flexibility index (Phi) is 7.14. The molecule has 0 spiro atoms. The zero-order chi connectivity index (χ0) is 22.5. The number of rotatable bonds is 9. The fraction of sp³-hybridized carbons (Fsp3) is 0.455. The highest BCUT2D eigenvalue weighted by atomic mass is 35.5. The molecule has 0 aliphatic carbocycles. The predicted molar refractivity (Wildman–Crippen MR) is 118 cm³/mol. The largest absolute Gasteiger partial charge is 0.457 e. The fourth-order valence-corrected chi connectivity index (χ4v) is 4.02. The lowest BCUT2D eigenvalue weighted by Gasteiger charge is -2.17. The summed E-state index contributed by atoms with van der Waals surface area (Å²) in [6, 6.07) is 6.47. The third kappa shape index (κ3) is 5.32. The monoisotopic (exact) mass is 462 g/mol. The molecule has 1 unspecified atom stereocenters. The third-order valence-electron chi connectivity index (χ3n) is 5.56. The molecule has 170 valence electrons. The van der Waals surface area contributed by atoms with Gasteiger partial charge >= 0.3 is 6.01 Å². The minimum Gasteiger partial charge on any atom is -0.457 e. The van der Waals surface area contributed by atoms with E-state index in [1.54, 1.807) is 18.5 Å². The van der Waals surface area contributed by atoms with Crippen molar-refractivity contribution in [2.75, 3.05) is 18.0 Å². The lowest BCUT2D eigenvalue weighted by molar-refractivity contribution is 0.151. The van der Waals surface area contributed by atoms with Crippen molar-refractivity contribution in [3.63, 3.8) is 0 Å². The van der Waals surface area contributed by atoms with Gasteiger partial charge < -0.3 is 9.64 Å². The first-order valence-electron chi connectivity index (χ1n) is 10.7. The standard InChI is InChI=1S/C22H25ClF2N6O/c1-2-3-4-15-8-10-30(12-15)20-7-9-26-22(27-20)32-14-16-13-31(29-28-16)17-5-6-19(23)18(11-17)21(24)25/h5-7,9,11,13,15,21H,2-4,8,10,12,14H2,1H3. The van der Waals surface area contributed by atoms with Crippen molar-refractivity contribution in [1.82, 2.24) is 25.0 Å². The average molecular weight is 463 g/mol. The van der Waals surface area contributed by atoms with Crippen LogP contribution in [0.4, 0.5) is 14.6 Å². The van der Waals surface area contributed by atoms with Crippen molar-refractivity contribution in [2.45, 2.75) is 45.6 Å². The van der Waals surface area contributed by atoms with E-state index in [1.165, 1.54) is 42.5 Å². The van der Waals surface area contributed by atoms with Crippen LogP contribution in [0.5, 0.6) is 6.01 Å². The van der Waals surface area contributed by atoms with Gasteiger partial charge in [0.25, 0.3) is 6.43 Å². The summed E-state index contributed by atoms with van der Waals surface area (Å²) in [7, 11) is 0. The number of hydrogen-bond donors (Lipinski definition) is 0. The maximum Gasteiger partial charge on any atom is 0.318 e. The molecule has 1 aliphatic heterocycles. The minimum atomic E-state index is -2.67. The lowest BCUT2D eigenvalue weighted by Crippen LogP contribution is -2.21. The van der Waals surface area contributed by atoms with E-state index in [0.29, 0.717) is 17.3 Å². The molecule has 1 atom stereocenters. The summed E-state index contributed by atoms with van der Waals surface area (Å²) in [6.07, 6.45) is 5.55. The van der Waals surface area contributed by atoms with Gasteiger partial charge in [-0.2, -0.15) is 4.98 Å². The average Bonchev–Trinajstić information content (AvgIpc) is 3.46. The second-order valence-corrected chi connectivity index (χ2v) is 8.30. The van der Waals surface area contributed by atoms with Crippen LogP contribution in [0, 0.1) is 5.92 Å². The fourth-order valence-electron chi connectivity index (χ4n) is 3.82. The molecule has 0 bridgehead atoms.